The summed E-state index contributed by atoms with van der Waals surface area (Å²) in [6.45, 7) is 2.21. The number of hydrogen-bond acceptors (Lipinski definition) is 4. The molecule has 2 unspecified atom stereocenters. The minimum atomic E-state index is -1.49. The SMILES string of the molecule is COCC(C)NC(=O)CS(=O)c1ccc(Cl)cc1N. The van der Waals surface area contributed by atoms with E-state index in [9.17, 15) is 9.00 Å². The monoisotopic (exact) mass is 304 g/mol. The van der Waals surface area contributed by atoms with Gasteiger partial charge in [-0.2, -0.15) is 0 Å². The fraction of sp³-hybridized carbons (Fsp3) is 0.417. The van der Waals surface area contributed by atoms with Crippen LogP contribution in [0.15, 0.2) is 23.1 Å². The number of ether oxygens (including phenoxy) is 1. The molecular formula is C12H17ClN2O3S. The summed E-state index contributed by atoms with van der Waals surface area (Å²) >= 11 is 5.76. The number of nitrogens with two attached hydrogens (primary N) is 1. The van der Waals surface area contributed by atoms with Crippen LogP contribution >= 0.6 is 11.6 Å². The summed E-state index contributed by atoms with van der Waals surface area (Å²) in [5, 5.41) is 3.16. The third kappa shape index (κ3) is 5.18. The molecule has 0 aliphatic rings. The van der Waals surface area contributed by atoms with Gasteiger partial charge in [-0.05, 0) is 25.1 Å². The number of amides is 1. The molecule has 1 aromatic carbocycles. The van der Waals surface area contributed by atoms with Gasteiger partial charge in [-0.15, -0.1) is 0 Å². The number of carbonyl (C=O) groups is 1. The van der Waals surface area contributed by atoms with Gasteiger partial charge in [0.15, 0.2) is 0 Å². The van der Waals surface area contributed by atoms with E-state index in [2.05, 4.69) is 5.32 Å². The minimum absolute atomic E-state index is 0.128. The largest absolute Gasteiger partial charge is 0.398 e. The first-order valence-corrected chi connectivity index (χ1v) is 7.35. The van der Waals surface area contributed by atoms with Gasteiger partial charge in [0.05, 0.1) is 22.3 Å². The number of carbonyl (C=O) groups excluding carboxylic acids is 1. The van der Waals surface area contributed by atoms with Gasteiger partial charge in [0, 0.05) is 23.9 Å². The molecule has 0 spiro atoms. The number of benzene rings is 1. The van der Waals surface area contributed by atoms with Gasteiger partial charge in [-0.3, -0.25) is 9.00 Å². The number of hydrogen-bond donors (Lipinski definition) is 2. The Hall–Kier alpha value is -1.11. The number of methoxy groups -OCH3 is 1. The van der Waals surface area contributed by atoms with E-state index in [-0.39, 0.29) is 17.7 Å². The summed E-state index contributed by atoms with van der Waals surface area (Å²) in [4.78, 5) is 12.1. The third-order valence-electron chi connectivity index (χ3n) is 2.30. The summed E-state index contributed by atoms with van der Waals surface area (Å²) < 4.78 is 16.9. The summed E-state index contributed by atoms with van der Waals surface area (Å²) in [5.74, 6) is -0.447. The average Bonchev–Trinajstić information content (AvgIpc) is 2.28. The lowest BCUT2D eigenvalue weighted by Crippen LogP contribution is -2.38. The summed E-state index contributed by atoms with van der Waals surface area (Å²) in [6, 6.07) is 4.55. The van der Waals surface area contributed by atoms with E-state index >= 15 is 0 Å². The third-order valence-corrected chi connectivity index (χ3v) is 3.93. The van der Waals surface area contributed by atoms with Crippen LogP contribution in [-0.4, -0.2) is 35.6 Å². The summed E-state index contributed by atoms with van der Waals surface area (Å²) in [6.07, 6.45) is 0. The van der Waals surface area contributed by atoms with Crippen LogP contribution in [0.2, 0.25) is 5.02 Å². The molecule has 2 atom stereocenters. The second-order valence-corrected chi connectivity index (χ2v) is 5.95. The topological polar surface area (TPSA) is 81.4 Å². The zero-order valence-electron chi connectivity index (χ0n) is 10.8. The van der Waals surface area contributed by atoms with Crippen molar-refractivity contribution in [3.05, 3.63) is 23.2 Å². The van der Waals surface area contributed by atoms with Crippen molar-refractivity contribution in [3.63, 3.8) is 0 Å². The Bertz CT molecular complexity index is 482. The molecule has 0 fully saturated rings. The molecule has 0 aromatic heterocycles. The first-order chi connectivity index (χ1) is 8.93. The number of halogens is 1. The Morgan fingerprint density at radius 1 is 1.58 bits per heavy atom. The molecule has 106 valence electrons. The van der Waals surface area contributed by atoms with Crippen LogP contribution in [0, 0.1) is 0 Å². The van der Waals surface area contributed by atoms with E-state index in [4.69, 9.17) is 22.1 Å². The van der Waals surface area contributed by atoms with Crippen molar-refractivity contribution >= 4 is 34.0 Å². The van der Waals surface area contributed by atoms with E-state index in [0.717, 1.165) is 0 Å². The molecule has 0 bridgehead atoms. The van der Waals surface area contributed by atoms with Crippen molar-refractivity contribution in [1.82, 2.24) is 5.32 Å². The van der Waals surface area contributed by atoms with Crippen molar-refractivity contribution in [3.8, 4) is 0 Å². The fourth-order valence-corrected chi connectivity index (χ4v) is 2.73. The Morgan fingerprint density at radius 2 is 2.26 bits per heavy atom. The van der Waals surface area contributed by atoms with Crippen LogP contribution in [0.25, 0.3) is 0 Å². The molecule has 0 radical (unpaired) electrons. The molecule has 19 heavy (non-hydrogen) atoms. The van der Waals surface area contributed by atoms with Crippen LogP contribution in [-0.2, 0) is 20.3 Å². The van der Waals surface area contributed by atoms with E-state index in [0.29, 0.717) is 22.2 Å². The first-order valence-electron chi connectivity index (χ1n) is 5.65. The van der Waals surface area contributed by atoms with Crippen molar-refractivity contribution in [2.45, 2.75) is 17.9 Å². The van der Waals surface area contributed by atoms with Crippen LogP contribution in [0.4, 0.5) is 5.69 Å². The highest BCUT2D eigenvalue weighted by Crippen LogP contribution is 2.21. The van der Waals surface area contributed by atoms with Gasteiger partial charge in [0.25, 0.3) is 0 Å². The smallest absolute Gasteiger partial charge is 0.233 e. The summed E-state index contributed by atoms with van der Waals surface area (Å²) in [7, 11) is 0.0606. The first kappa shape index (κ1) is 15.9. The van der Waals surface area contributed by atoms with Gasteiger partial charge in [0.2, 0.25) is 5.91 Å². The van der Waals surface area contributed by atoms with Crippen LogP contribution < -0.4 is 11.1 Å². The van der Waals surface area contributed by atoms with Crippen LogP contribution in [0.1, 0.15) is 6.92 Å². The molecular weight excluding hydrogens is 288 g/mol. The van der Waals surface area contributed by atoms with E-state index < -0.39 is 10.8 Å². The van der Waals surface area contributed by atoms with Crippen molar-refractivity contribution in [2.75, 3.05) is 25.2 Å². The molecule has 1 amide bonds. The van der Waals surface area contributed by atoms with Crippen LogP contribution in [0.3, 0.4) is 0 Å². The maximum Gasteiger partial charge on any atom is 0.233 e. The minimum Gasteiger partial charge on any atom is -0.398 e. The molecule has 3 N–H and O–H groups in total. The van der Waals surface area contributed by atoms with Gasteiger partial charge in [0.1, 0.15) is 5.75 Å². The zero-order chi connectivity index (χ0) is 14.4. The average molecular weight is 305 g/mol. The van der Waals surface area contributed by atoms with Crippen molar-refractivity contribution < 1.29 is 13.7 Å². The van der Waals surface area contributed by atoms with Crippen molar-refractivity contribution in [1.29, 1.82) is 0 Å². The quantitative estimate of drug-likeness (QED) is 0.773. The standard InChI is InChI=1S/C12H17ClN2O3S/c1-8(6-18-2)15-12(16)7-19(17)11-4-3-9(13)5-10(11)14/h3-5,8H,6-7,14H2,1-2H3,(H,15,16). The molecule has 1 aromatic rings. The highest BCUT2D eigenvalue weighted by atomic mass is 35.5. The second kappa shape index (κ2) is 7.47. The molecule has 0 aliphatic heterocycles. The molecule has 1 rings (SSSR count). The number of anilines is 1. The van der Waals surface area contributed by atoms with Gasteiger partial charge in [-0.1, -0.05) is 11.6 Å². The maximum atomic E-state index is 12.0. The molecule has 0 saturated carbocycles. The van der Waals surface area contributed by atoms with E-state index in [1.807, 2.05) is 0 Å². The highest BCUT2D eigenvalue weighted by molar-refractivity contribution is 7.86. The Kier molecular flexibility index (Phi) is 6.27. The normalized spacial score (nSPS) is 13.8. The summed E-state index contributed by atoms with van der Waals surface area (Å²) in [5.41, 5.74) is 6.04. The van der Waals surface area contributed by atoms with Gasteiger partial charge >= 0.3 is 0 Å². The molecule has 5 nitrogen and oxygen atoms in total. The lowest BCUT2D eigenvalue weighted by Gasteiger charge is -2.12. The number of nitrogens with one attached hydrogen (secondary N) is 1. The van der Waals surface area contributed by atoms with E-state index in [1.165, 1.54) is 6.07 Å². The molecule has 0 aliphatic carbocycles. The predicted octanol–water partition coefficient (Wildman–Crippen LogP) is 1.18. The Balaban J connectivity index is 2.62. The Labute approximate surface area is 119 Å². The number of rotatable bonds is 6. The predicted molar refractivity (Wildman–Crippen MR) is 76.6 cm³/mol. The van der Waals surface area contributed by atoms with Gasteiger partial charge in [-0.25, -0.2) is 0 Å². The van der Waals surface area contributed by atoms with Crippen molar-refractivity contribution in [2.24, 2.45) is 0 Å². The fourth-order valence-electron chi connectivity index (χ4n) is 1.53. The lowest BCUT2D eigenvalue weighted by atomic mass is 10.3. The number of nitrogen functional groups attached to an aromatic ring is 1. The molecule has 7 heteroatoms. The Morgan fingerprint density at radius 3 is 2.84 bits per heavy atom. The van der Waals surface area contributed by atoms with E-state index in [1.54, 1.807) is 26.2 Å². The lowest BCUT2D eigenvalue weighted by molar-refractivity contribution is -0.119. The van der Waals surface area contributed by atoms with Gasteiger partial charge < -0.3 is 15.8 Å². The molecule has 0 saturated heterocycles. The maximum absolute atomic E-state index is 12.0. The second-order valence-electron chi connectivity index (χ2n) is 4.10. The highest BCUT2D eigenvalue weighted by Gasteiger charge is 2.14. The van der Waals surface area contributed by atoms with Crippen LogP contribution in [0.5, 0.6) is 0 Å². The molecule has 0 heterocycles. The zero-order valence-corrected chi connectivity index (χ0v) is 12.4.